The first-order valence-electron chi connectivity index (χ1n) is 7.45. The van der Waals surface area contributed by atoms with Crippen molar-refractivity contribution >= 4 is 17.8 Å². The van der Waals surface area contributed by atoms with E-state index in [1.165, 1.54) is 0 Å². The summed E-state index contributed by atoms with van der Waals surface area (Å²) in [5.74, 6) is -1.51. The largest absolute Gasteiger partial charge is 0.480 e. The molecular weight excluding hydrogens is 314 g/mol. The number of amides is 1. The van der Waals surface area contributed by atoms with E-state index in [0.29, 0.717) is 18.5 Å². The standard InChI is InChI=1S/C15H23N5O4/c16-15(17)18-8-4-7-11(14(23)24)20-12(21)9-19-13(22)10-5-2-1-3-6-10/h1-3,5-6,11-12,20-21H,4,7-9H2,(H,19,22)(H,23,24)(H4,16,17,18)/t11-,12?/m1/s1. The molecule has 1 amide bonds. The summed E-state index contributed by atoms with van der Waals surface area (Å²) in [6.45, 7) is 0.181. The van der Waals surface area contributed by atoms with E-state index in [-0.39, 0.29) is 24.8 Å². The van der Waals surface area contributed by atoms with E-state index >= 15 is 0 Å². The Hall–Kier alpha value is -2.65. The van der Waals surface area contributed by atoms with Crippen molar-refractivity contribution < 1.29 is 19.8 Å². The SMILES string of the molecule is NC(N)=NCCC[C@@H](NC(O)CNC(=O)c1ccccc1)C(=O)O. The van der Waals surface area contributed by atoms with Crippen molar-refractivity contribution in [3.05, 3.63) is 35.9 Å². The highest BCUT2D eigenvalue weighted by atomic mass is 16.4. The van der Waals surface area contributed by atoms with Crippen molar-refractivity contribution in [3.8, 4) is 0 Å². The summed E-state index contributed by atoms with van der Waals surface area (Å²) >= 11 is 0. The minimum Gasteiger partial charge on any atom is -0.480 e. The van der Waals surface area contributed by atoms with E-state index in [0.717, 1.165) is 0 Å². The number of benzene rings is 1. The van der Waals surface area contributed by atoms with E-state index in [1.807, 2.05) is 0 Å². The van der Waals surface area contributed by atoms with Gasteiger partial charge in [0.1, 0.15) is 12.3 Å². The van der Waals surface area contributed by atoms with Gasteiger partial charge in [-0.25, -0.2) is 0 Å². The molecule has 0 aliphatic carbocycles. The summed E-state index contributed by atoms with van der Waals surface area (Å²) in [4.78, 5) is 26.8. The van der Waals surface area contributed by atoms with Crippen LogP contribution in [0.5, 0.6) is 0 Å². The zero-order valence-electron chi connectivity index (χ0n) is 13.2. The first kappa shape index (κ1) is 19.4. The number of carboxylic acids is 1. The number of hydrogen-bond donors (Lipinski definition) is 6. The number of aliphatic carboxylic acids is 1. The maximum Gasteiger partial charge on any atom is 0.320 e. The number of hydrogen-bond acceptors (Lipinski definition) is 5. The molecule has 0 bridgehead atoms. The van der Waals surface area contributed by atoms with Gasteiger partial charge < -0.3 is 27.0 Å². The lowest BCUT2D eigenvalue weighted by atomic mass is 10.1. The van der Waals surface area contributed by atoms with Crippen LogP contribution < -0.4 is 22.1 Å². The Labute approximate surface area is 139 Å². The molecule has 24 heavy (non-hydrogen) atoms. The Morgan fingerprint density at radius 2 is 1.88 bits per heavy atom. The minimum atomic E-state index is -1.19. The normalized spacial score (nSPS) is 12.9. The third-order valence-corrected chi connectivity index (χ3v) is 3.13. The van der Waals surface area contributed by atoms with Crippen molar-refractivity contribution in [2.24, 2.45) is 16.5 Å². The summed E-state index contributed by atoms with van der Waals surface area (Å²) in [5.41, 5.74) is 10.8. The second kappa shape index (κ2) is 10.2. The Balaban J connectivity index is 2.39. The van der Waals surface area contributed by atoms with Crippen LogP contribution in [0, 0.1) is 0 Å². The van der Waals surface area contributed by atoms with Gasteiger partial charge in [0, 0.05) is 12.1 Å². The quantitative estimate of drug-likeness (QED) is 0.136. The van der Waals surface area contributed by atoms with Gasteiger partial charge in [0.15, 0.2) is 5.96 Å². The zero-order valence-corrected chi connectivity index (χ0v) is 13.2. The lowest BCUT2D eigenvalue weighted by molar-refractivity contribution is -0.140. The summed E-state index contributed by atoms with van der Waals surface area (Å²) in [5, 5.41) is 24.1. The summed E-state index contributed by atoms with van der Waals surface area (Å²) in [7, 11) is 0. The predicted molar refractivity (Wildman–Crippen MR) is 89.3 cm³/mol. The molecule has 0 saturated heterocycles. The van der Waals surface area contributed by atoms with Crippen molar-refractivity contribution in [3.63, 3.8) is 0 Å². The Morgan fingerprint density at radius 3 is 2.46 bits per heavy atom. The van der Waals surface area contributed by atoms with Gasteiger partial charge in [0.2, 0.25) is 0 Å². The molecule has 132 valence electrons. The van der Waals surface area contributed by atoms with Gasteiger partial charge >= 0.3 is 5.97 Å². The second-order valence-electron chi connectivity index (χ2n) is 5.10. The van der Waals surface area contributed by atoms with Crippen molar-refractivity contribution in [2.75, 3.05) is 13.1 Å². The molecule has 1 unspecified atom stereocenters. The van der Waals surface area contributed by atoms with Crippen LogP contribution in [0.15, 0.2) is 35.3 Å². The van der Waals surface area contributed by atoms with Gasteiger partial charge in [-0.2, -0.15) is 0 Å². The first-order valence-corrected chi connectivity index (χ1v) is 7.45. The van der Waals surface area contributed by atoms with Crippen molar-refractivity contribution in [1.82, 2.24) is 10.6 Å². The van der Waals surface area contributed by atoms with Gasteiger partial charge in [0.05, 0.1) is 6.54 Å². The molecule has 9 nitrogen and oxygen atoms in total. The van der Waals surface area contributed by atoms with Gasteiger partial charge in [0.25, 0.3) is 5.91 Å². The first-order chi connectivity index (χ1) is 11.4. The molecule has 0 aliphatic heterocycles. The second-order valence-corrected chi connectivity index (χ2v) is 5.10. The predicted octanol–water partition coefficient (Wildman–Crippen LogP) is -1.17. The third-order valence-electron chi connectivity index (χ3n) is 3.13. The molecule has 2 atom stereocenters. The minimum absolute atomic E-state index is 0.0570. The number of aliphatic hydroxyl groups is 1. The van der Waals surface area contributed by atoms with E-state index < -0.39 is 18.2 Å². The van der Waals surface area contributed by atoms with E-state index in [9.17, 15) is 14.7 Å². The van der Waals surface area contributed by atoms with Crippen LogP contribution in [-0.2, 0) is 4.79 Å². The molecule has 1 aromatic carbocycles. The number of rotatable bonds is 10. The molecule has 9 heteroatoms. The van der Waals surface area contributed by atoms with Crippen molar-refractivity contribution in [2.45, 2.75) is 25.1 Å². The van der Waals surface area contributed by atoms with Crippen LogP contribution in [0.4, 0.5) is 0 Å². The van der Waals surface area contributed by atoms with Gasteiger partial charge in [-0.05, 0) is 25.0 Å². The molecule has 0 fully saturated rings. The van der Waals surface area contributed by atoms with Crippen LogP contribution in [0.3, 0.4) is 0 Å². The lowest BCUT2D eigenvalue weighted by Gasteiger charge is -2.19. The van der Waals surface area contributed by atoms with Crippen LogP contribution in [0.25, 0.3) is 0 Å². The average Bonchev–Trinajstić information content (AvgIpc) is 2.55. The number of nitrogens with one attached hydrogen (secondary N) is 2. The summed E-state index contributed by atoms with van der Waals surface area (Å²) in [6, 6.07) is 7.54. The Kier molecular flexibility index (Phi) is 8.23. The van der Waals surface area contributed by atoms with Crippen LogP contribution in [-0.4, -0.2) is 53.4 Å². The Morgan fingerprint density at radius 1 is 1.21 bits per heavy atom. The maximum absolute atomic E-state index is 11.8. The Bertz CT molecular complexity index is 560. The van der Waals surface area contributed by atoms with Gasteiger partial charge in [-0.3, -0.25) is 19.9 Å². The number of guanidine groups is 1. The topological polar surface area (TPSA) is 163 Å². The molecule has 0 aliphatic rings. The fraction of sp³-hybridized carbons (Fsp3) is 0.400. The number of nitrogens with two attached hydrogens (primary N) is 2. The number of aliphatic hydroxyl groups excluding tert-OH is 1. The number of carboxylic acid groups (broad SMARTS) is 1. The monoisotopic (exact) mass is 337 g/mol. The summed E-state index contributed by atoms with van der Waals surface area (Å²) < 4.78 is 0. The third kappa shape index (κ3) is 7.56. The molecule has 0 spiro atoms. The highest BCUT2D eigenvalue weighted by Crippen LogP contribution is 2.00. The van der Waals surface area contributed by atoms with Crippen LogP contribution in [0.2, 0.25) is 0 Å². The smallest absolute Gasteiger partial charge is 0.320 e. The molecular formula is C15H23N5O4. The highest BCUT2D eigenvalue weighted by molar-refractivity contribution is 5.94. The molecule has 1 aromatic rings. The van der Waals surface area contributed by atoms with E-state index in [1.54, 1.807) is 30.3 Å². The fourth-order valence-electron chi connectivity index (χ4n) is 1.95. The summed E-state index contributed by atoms with van der Waals surface area (Å²) in [6.07, 6.45) is -0.525. The number of carbonyl (C=O) groups is 2. The molecule has 8 N–H and O–H groups in total. The van der Waals surface area contributed by atoms with Crippen LogP contribution in [0.1, 0.15) is 23.2 Å². The van der Waals surface area contributed by atoms with Crippen molar-refractivity contribution in [1.29, 1.82) is 0 Å². The number of nitrogens with zero attached hydrogens (tertiary/aromatic N) is 1. The molecule has 0 radical (unpaired) electrons. The van der Waals surface area contributed by atoms with Gasteiger partial charge in [-0.1, -0.05) is 18.2 Å². The molecule has 0 aromatic heterocycles. The lowest BCUT2D eigenvalue weighted by Crippen LogP contribution is -2.48. The van der Waals surface area contributed by atoms with Crippen LogP contribution >= 0.6 is 0 Å². The molecule has 0 heterocycles. The van der Waals surface area contributed by atoms with E-state index in [4.69, 9.17) is 16.6 Å². The maximum atomic E-state index is 11.8. The van der Waals surface area contributed by atoms with E-state index in [2.05, 4.69) is 15.6 Å². The highest BCUT2D eigenvalue weighted by Gasteiger charge is 2.20. The van der Waals surface area contributed by atoms with Gasteiger partial charge in [-0.15, -0.1) is 0 Å². The molecule has 1 rings (SSSR count). The number of aliphatic imine (C=N–C) groups is 1. The molecule has 0 saturated carbocycles. The zero-order chi connectivity index (χ0) is 17.9. The fourth-order valence-corrected chi connectivity index (χ4v) is 1.95. The average molecular weight is 337 g/mol. The number of carbonyl (C=O) groups excluding carboxylic acids is 1.